The first kappa shape index (κ1) is 18.0. The molecule has 2 aliphatic rings. The molecule has 0 atom stereocenters. The van der Waals surface area contributed by atoms with Gasteiger partial charge in [-0.25, -0.2) is 4.98 Å². The molecule has 6 heteroatoms. The molecule has 146 valence electrons. The molecule has 1 saturated carbocycles. The van der Waals surface area contributed by atoms with Crippen LogP contribution in [0.4, 0.5) is 0 Å². The summed E-state index contributed by atoms with van der Waals surface area (Å²) < 4.78 is 2.09. The van der Waals surface area contributed by atoms with E-state index >= 15 is 0 Å². The Hall–Kier alpha value is -2.05. The van der Waals surface area contributed by atoms with E-state index in [1.165, 1.54) is 23.3 Å². The van der Waals surface area contributed by atoms with Crippen LogP contribution in [0.1, 0.15) is 59.5 Å². The van der Waals surface area contributed by atoms with Crippen LogP contribution in [-0.2, 0) is 6.54 Å². The van der Waals surface area contributed by atoms with Crippen molar-refractivity contribution >= 4 is 21.6 Å². The van der Waals surface area contributed by atoms with Crippen LogP contribution >= 0.6 is 11.3 Å². The van der Waals surface area contributed by atoms with Gasteiger partial charge in [-0.15, -0.1) is 11.3 Å². The second-order valence-corrected chi connectivity index (χ2v) is 9.45. The van der Waals surface area contributed by atoms with Crippen molar-refractivity contribution in [2.75, 3.05) is 13.1 Å². The average Bonchev–Trinajstić information content (AvgIpc) is 3.50. The number of hydrogen-bond donors (Lipinski definition) is 0. The molecule has 2 fully saturated rings. The van der Waals surface area contributed by atoms with Crippen molar-refractivity contribution in [3.05, 3.63) is 56.7 Å². The molecule has 1 aliphatic carbocycles. The molecule has 0 bridgehead atoms. The van der Waals surface area contributed by atoms with Gasteiger partial charge in [0, 0.05) is 48.9 Å². The van der Waals surface area contributed by atoms with E-state index < -0.39 is 0 Å². The van der Waals surface area contributed by atoms with Crippen molar-refractivity contribution in [3.8, 4) is 0 Å². The second kappa shape index (κ2) is 7.08. The van der Waals surface area contributed by atoms with Crippen molar-refractivity contribution in [2.24, 2.45) is 0 Å². The van der Waals surface area contributed by atoms with E-state index in [9.17, 15) is 4.79 Å². The Morgan fingerprint density at radius 1 is 1.11 bits per heavy atom. The maximum atomic E-state index is 13.5. The van der Waals surface area contributed by atoms with Crippen LogP contribution in [0.3, 0.4) is 0 Å². The molecule has 0 N–H and O–H groups in total. The fourth-order valence-electron chi connectivity index (χ4n) is 4.39. The molecule has 5 rings (SSSR count). The standard InChI is InChI=1S/C22H26N4OS/c1-14-15(2)28-21-19(14)22(27)26(20(24-21)17-3-4-17)18-7-11-25(12-8-18)13-16-5-9-23-10-6-16/h5-6,9-10,17-18H,3-4,7-8,11-13H2,1-2H3. The van der Waals surface area contributed by atoms with Crippen molar-refractivity contribution in [1.29, 1.82) is 0 Å². The Morgan fingerprint density at radius 3 is 2.50 bits per heavy atom. The zero-order chi connectivity index (χ0) is 19.3. The van der Waals surface area contributed by atoms with Gasteiger partial charge in [0.05, 0.1) is 5.39 Å². The predicted octanol–water partition coefficient (Wildman–Crippen LogP) is 4.18. The number of fused-ring (bicyclic) bond motifs is 1. The molecule has 0 radical (unpaired) electrons. The number of hydrogen-bond acceptors (Lipinski definition) is 5. The summed E-state index contributed by atoms with van der Waals surface area (Å²) in [4.78, 5) is 27.2. The summed E-state index contributed by atoms with van der Waals surface area (Å²) >= 11 is 1.67. The molecule has 1 aliphatic heterocycles. The first-order valence-electron chi connectivity index (χ1n) is 10.2. The van der Waals surface area contributed by atoms with Gasteiger partial charge in [-0.1, -0.05) is 0 Å². The number of aromatic nitrogens is 3. The third kappa shape index (κ3) is 3.18. The summed E-state index contributed by atoms with van der Waals surface area (Å²) in [5.41, 5.74) is 2.61. The zero-order valence-corrected chi connectivity index (χ0v) is 17.3. The minimum absolute atomic E-state index is 0.196. The summed E-state index contributed by atoms with van der Waals surface area (Å²) in [6, 6.07) is 4.44. The molecule has 0 unspecified atom stereocenters. The largest absolute Gasteiger partial charge is 0.299 e. The summed E-state index contributed by atoms with van der Waals surface area (Å²) in [7, 11) is 0. The molecule has 0 spiro atoms. The van der Waals surface area contributed by atoms with E-state index in [0.717, 1.165) is 54.1 Å². The van der Waals surface area contributed by atoms with Crippen LogP contribution in [0.15, 0.2) is 29.3 Å². The summed E-state index contributed by atoms with van der Waals surface area (Å²) in [5, 5.41) is 0.853. The lowest BCUT2D eigenvalue weighted by Gasteiger charge is -2.33. The second-order valence-electron chi connectivity index (χ2n) is 8.25. The zero-order valence-electron chi connectivity index (χ0n) is 16.5. The van der Waals surface area contributed by atoms with E-state index in [1.54, 1.807) is 11.3 Å². The van der Waals surface area contributed by atoms with Gasteiger partial charge in [-0.2, -0.15) is 0 Å². The molecule has 0 aromatic carbocycles. The molecular weight excluding hydrogens is 368 g/mol. The topological polar surface area (TPSA) is 51.0 Å². The van der Waals surface area contributed by atoms with E-state index in [2.05, 4.69) is 40.4 Å². The fourth-order valence-corrected chi connectivity index (χ4v) is 5.41. The third-order valence-corrected chi connectivity index (χ3v) is 7.38. The van der Waals surface area contributed by atoms with Gasteiger partial charge >= 0.3 is 0 Å². The summed E-state index contributed by atoms with van der Waals surface area (Å²) in [5.74, 6) is 1.53. The van der Waals surface area contributed by atoms with Crippen LogP contribution in [0.5, 0.6) is 0 Å². The Bertz CT molecular complexity index is 1060. The van der Waals surface area contributed by atoms with Gasteiger partial charge in [-0.3, -0.25) is 19.2 Å². The summed E-state index contributed by atoms with van der Waals surface area (Å²) in [6.07, 6.45) is 8.08. The lowest BCUT2D eigenvalue weighted by atomic mass is 10.0. The first-order valence-corrected chi connectivity index (χ1v) is 11.1. The van der Waals surface area contributed by atoms with Crippen LogP contribution in [0.2, 0.25) is 0 Å². The quantitative estimate of drug-likeness (QED) is 0.666. The van der Waals surface area contributed by atoms with Crippen LogP contribution in [-0.4, -0.2) is 32.5 Å². The highest BCUT2D eigenvalue weighted by Crippen LogP contribution is 2.41. The molecule has 1 saturated heterocycles. The highest BCUT2D eigenvalue weighted by atomic mass is 32.1. The SMILES string of the molecule is Cc1sc2nc(C3CC3)n(C3CCN(Cc4ccncc4)CC3)c(=O)c2c1C. The number of aryl methyl sites for hydroxylation is 2. The number of nitrogens with zero attached hydrogens (tertiary/aromatic N) is 4. The van der Waals surface area contributed by atoms with E-state index in [-0.39, 0.29) is 11.6 Å². The minimum Gasteiger partial charge on any atom is -0.299 e. The minimum atomic E-state index is 0.196. The number of likely N-dealkylation sites (tertiary alicyclic amines) is 1. The van der Waals surface area contributed by atoms with Crippen molar-refractivity contribution in [2.45, 2.75) is 58.0 Å². The van der Waals surface area contributed by atoms with Gasteiger partial charge in [0.15, 0.2) is 0 Å². The smallest absolute Gasteiger partial charge is 0.262 e. The normalized spacial score (nSPS) is 18.8. The molecular formula is C22H26N4OS. The van der Waals surface area contributed by atoms with E-state index in [1.807, 2.05) is 12.4 Å². The Morgan fingerprint density at radius 2 is 1.82 bits per heavy atom. The van der Waals surface area contributed by atoms with E-state index in [0.29, 0.717) is 5.92 Å². The molecule has 4 heterocycles. The maximum absolute atomic E-state index is 13.5. The van der Waals surface area contributed by atoms with Gasteiger partial charge in [0.2, 0.25) is 0 Å². The van der Waals surface area contributed by atoms with Crippen molar-refractivity contribution in [1.82, 2.24) is 19.4 Å². The maximum Gasteiger partial charge on any atom is 0.262 e. The molecule has 5 nitrogen and oxygen atoms in total. The Balaban J connectivity index is 1.43. The van der Waals surface area contributed by atoms with Crippen molar-refractivity contribution in [3.63, 3.8) is 0 Å². The molecule has 28 heavy (non-hydrogen) atoms. The highest BCUT2D eigenvalue weighted by molar-refractivity contribution is 7.18. The lowest BCUT2D eigenvalue weighted by Crippen LogP contribution is -2.38. The van der Waals surface area contributed by atoms with Gasteiger partial charge < -0.3 is 0 Å². The monoisotopic (exact) mass is 394 g/mol. The third-order valence-electron chi connectivity index (χ3n) is 6.28. The average molecular weight is 395 g/mol. The van der Waals surface area contributed by atoms with Gasteiger partial charge in [-0.05, 0) is 62.8 Å². The highest BCUT2D eigenvalue weighted by Gasteiger charge is 2.33. The molecule has 3 aromatic heterocycles. The lowest BCUT2D eigenvalue weighted by molar-refractivity contribution is 0.175. The first-order chi connectivity index (χ1) is 13.6. The number of pyridine rings is 1. The number of rotatable bonds is 4. The van der Waals surface area contributed by atoms with Gasteiger partial charge in [0.25, 0.3) is 5.56 Å². The summed E-state index contributed by atoms with van der Waals surface area (Å²) in [6.45, 7) is 7.15. The molecule has 0 amide bonds. The van der Waals surface area contributed by atoms with Crippen LogP contribution in [0.25, 0.3) is 10.2 Å². The molecule has 3 aromatic rings. The Labute approximate surface area is 169 Å². The van der Waals surface area contributed by atoms with E-state index in [4.69, 9.17) is 4.98 Å². The fraction of sp³-hybridized carbons (Fsp3) is 0.500. The predicted molar refractivity (Wildman–Crippen MR) is 113 cm³/mol. The number of piperidine rings is 1. The van der Waals surface area contributed by atoms with Crippen molar-refractivity contribution < 1.29 is 0 Å². The van der Waals surface area contributed by atoms with Crippen LogP contribution in [0, 0.1) is 13.8 Å². The van der Waals surface area contributed by atoms with Gasteiger partial charge in [0.1, 0.15) is 10.7 Å². The Kier molecular flexibility index (Phi) is 4.56. The van der Waals surface area contributed by atoms with Crippen LogP contribution < -0.4 is 5.56 Å². The number of thiophene rings is 1.